The van der Waals surface area contributed by atoms with Crippen molar-refractivity contribution in [3.8, 4) is 0 Å². The Bertz CT molecular complexity index is 436. The van der Waals surface area contributed by atoms with Crippen molar-refractivity contribution < 1.29 is 27.5 Å². The Balaban J connectivity index is 3.38. The molecule has 2 N–H and O–H groups in total. The molecule has 0 bridgehead atoms. The minimum absolute atomic E-state index is 0.0519. The van der Waals surface area contributed by atoms with Crippen molar-refractivity contribution in [2.24, 2.45) is 11.3 Å². The molecule has 0 heterocycles. The summed E-state index contributed by atoms with van der Waals surface area (Å²) in [5, 5.41) is 6.63. The molecular weight excluding hydrogens is 372 g/mol. The van der Waals surface area contributed by atoms with Crippen molar-refractivity contribution >= 4 is 12.8 Å². The molecule has 2 amide bonds. The van der Waals surface area contributed by atoms with Crippen LogP contribution in [-0.4, -0.2) is 22.7 Å². The number of unbranched alkanes of at least 4 members (excludes halogenated alkanes) is 3. The molecule has 4 nitrogen and oxygen atoms in total. The van der Waals surface area contributed by atoms with E-state index in [1.807, 2.05) is 0 Å². The van der Waals surface area contributed by atoms with Gasteiger partial charge in [0.15, 0.2) is 0 Å². The summed E-state index contributed by atoms with van der Waals surface area (Å²) in [6.45, 7) is 11.4. The second-order valence-corrected chi connectivity index (χ2v) is 14.1. The Morgan fingerprint density at radius 1 is 0.963 bits per heavy atom. The molecule has 1 saturated carbocycles. The summed E-state index contributed by atoms with van der Waals surface area (Å²) in [6, 6.07) is 0.177. The molecule has 0 aromatic rings. The summed E-state index contributed by atoms with van der Waals surface area (Å²) in [4.78, 5) is 23.2. The first-order valence-corrected chi connectivity index (χ1v) is 14.2. The third kappa shape index (κ3) is 6.89. The Labute approximate surface area is 173 Å². The van der Waals surface area contributed by atoms with E-state index in [2.05, 4.69) is 45.3 Å². The fourth-order valence-electron chi connectivity index (χ4n) is 5.28. The predicted octanol–water partition coefficient (Wildman–Crippen LogP) is 5.22. The first kappa shape index (κ1) is 24.7. The Hall–Kier alpha value is -0.346. The van der Waals surface area contributed by atoms with Crippen molar-refractivity contribution in [3.05, 3.63) is 0 Å². The van der Waals surface area contributed by atoms with Gasteiger partial charge in [0.05, 0.1) is 0 Å². The number of hydrogen-bond acceptors (Lipinski definition) is 2. The van der Waals surface area contributed by atoms with E-state index in [1.54, 1.807) is 0 Å². The molecule has 1 rings (SSSR count). The molecule has 5 heteroatoms. The number of nitrogens with one attached hydrogen (secondary N) is 2. The van der Waals surface area contributed by atoms with Gasteiger partial charge in [0.25, 0.3) is 0 Å². The van der Waals surface area contributed by atoms with Crippen molar-refractivity contribution in [2.75, 3.05) is 0 Å². The molecule has 3 atom stereocenters. The average Bonchev–Trinajstić information content (AvgIpc) is 2.61. The van der Waals surface area contributed by atoms with E-state index in [-0.39, 0.29) is 15.3 Å². The van der Waals surface area contributed by atoms with E-state index in [4.69, 9.17) is 0 Å². The number of amides is 2. The van der Waals surface area contributed by atoms with Gasteiger partial charge in [-0.3, -0.25) is 0 Å². The monoisotopic (exact) mass is 415 g/mol. The maximum absolute atomic E-state index is 11.9. The second-order valence-electron chi connectivity index (χ2n) is 9.23. The van der Waals surface area contributed by atoms with Gasteiger partial charge in [-0.05, 0) is 0 Å². The second kappa shape index (κ2) is 12.3. The van der Waals surface area contributed by atoms with Crippen LogP contribution in [0.2, 0.25) is 9.45 Å². The van der Waals surface area contributed by atoms with Crippen molar-refractivity contribution in [1.29, 1.82) is 0 Å². The maximum atomic E-state index is 11.9. The van der Waals surface area contributed by atoms with E-state index in [1.165, 1.54) is 35.1 Å². The molecule has 27 heavy (non-hydrogen) atoms. The Kier molecular flexibility index (Phi) is 11.2. The van der Waals surface area contributed by atoms with E-state index in [9.17, 15) is 9.59 Å². The summed E-state index contributed by atoms with van der Waals surface area (Å²) < 4.78 is 2.59. The number of rotatable bonds is 14. The quantitative estimate of drug-likeness (QED) is 0.302. The molecule has 1 aliphatic rings. The normalized spacial score (nSPS) is 27.0. The molecule has 157 valence electrons. The molecule has 3 unspecified atom stereocenters. The fourth-order valence-corrected chi connectivity index (χ4v) is 12.4. The van der Waals surface area contributed by atoms with E-state index < -0.39 is 17.9 Å². The summed E-state index contributed by atoms with van der Waals surface area (Å²) in [6.07, 6.45) is 12.4. The summed E-state index contributed by atoms with van der Waals surface area (Å²) >= 11 is -1.59. The van der Waals surface area contributed by atoms with Crippen LogP contribution in [0.25, 0.3) is 0 Å². The molecular formula is C22H43N2O2Ti. The van der Waals surface area contributed by atoms with Crippen LogP contribution in [0.3, 0.4) is 0 Å². The van der Waals surface area contributed by atoms with E-state index in [0.717, 1.165) is 44.9 Å². The zero-order valence-corrected chi connectivity index (χ0v) is 20.0. The van der Waals surface area contributed by atoms with Crippen LogP contribution in [0.4, 0.5) is 0 Å². The molecule has 1 aliphatic carbocycles. The van der Waals surface area contributed by atoms with Gasteiger partial charge in [-0.25, -0.2) is 0 Å². The van der Waals surface area contributed by atoms with Gasteiger partial charge in [-0.1, -0.05) is 0 Å². The average molecular weight is 415 g/mol. The molecule has 0 saturated heterocycles. The fraction of sp³-hybridized carbons (Fsp3) is 0.909. The zero-order valence-electron chi connectivity index (χ0n) is 18.4. The predicted molar refractivity (Wildman–Crippen MR) is 110 cm³/mol. The Morgan fingerprint density at radius 3 is 2.04 bits per heavy atom. The minimum atomic E-state index is -1.59. The van der Waals surface area contributed by atoms with Gasteiger partial charge in [0.2, 0.25) is 0 Å². The SMILES string of the molecule is CCCCC1C(NC=O)CC(C)(C)C[C]1(NC=O)[Ti]([CH2]CCC)[CH2]CCC. The van der Waals surface area contributed by atoms with E-state index in [0.29, 0.717) is 5.92 Å². The molecule has 0 aromatic heterocycles. The van der Waals surface area contributed by atoms with Gasteiger partial charge < -0.3 is 0 Å². The molecule has 1 fully saturated rings. The number of carbonyl (C=O) groups is 2. The zero-order chi connectivity index (χ0) is 20.3. The van der Waals surface area contributed by atoms with Gasteiger partial charge in [-0.2, -0.15) is 0 Å². The van der Waals surface area contributed by atoms with Crippen molar-refractivity contribution in [2.45, 2.75) is 112 Å². The van der Waals surface area contributed by atoms with Gasteiger partial charge in [0, 0.05) is 0 Å². The van der Waals surface area contributed by atoms with Gasteiger partial charge in [0.1, 0.15) is 0 Å². The van der Waals surface area contributed by atoms with Crippen LogP contribution in [-0.2, 0) is 27.5 Å². The first-order chi connectivity index (χ1) is 12.9. The van der Waals surface area contributed by atoms with Crippen LogP contribution >= 0.6 is 0 Å². The van der Waals surface area contributed by atoms with Crippen LogP contribution in [0.15, 0.2) is 0 Å². The molecule has 0 radical (unpaired) electrons. The summed E-state index contributed by atoms with van der Waals surface area (Å²) in [5.41, 5.74) is 0.135. The van der Waals surface area contributed by atoms with Crippen LogP contribution in [0, 0.1) is 11.3 Å². The Morgan fingerprint density at radius 2 is 1.56 bits per heavy atom. The van der Waals surface area contributed by atoms with Gasteiger partial charge >= 0.3 is 174 Å². The van der Waals surface area contributed by atoms with Crippen LogP contribution in [0.1, 0.15) is 92.4 Å². The summed E-state index contributed by atoms with van der Waals surface area (Å²) in [5.74, 6) is 0.379. The van der Waals surface area contributed by atoms with Gasteiger partial charge in [-0.15, -0.1) is 0 Å². The number of hydrogen-bond donors (Lipinski definition) is 2. The first-order valence-electron chi connectivity index (χ1n) is 11.2. The van der Waals surface area contributed by atoms with Crippen molar-refractivity contribution in [1.82, 2.24) is 10.6 Å². The third-order valence-corrected chi connectivity index (χ3v) is 12.5. The standard InChI is InChI=1S/C14H25N2O2.2C4H9.Ti/c1-4-5-6-11-12(15-9-17)7-14(2,3)8-13(11)16-10-18;2*1-3-4-2;/h9-12H,4-8H2,1-3H3,(H,15,17)(H,16,18);2*1,3-4H2,2H3;. The van der Waals surface area contributed by atoms with Crippen LogP contribution in [0.5, 0.6) is 0 Å². The summed E-state index contributed by atoms with van der Waals surface area (Å²) in [7, 11) is 0. The van der Waals surface area contributed by atoms with E-state index >= 15 is 0 Å². The van der Waals surface area contributed by atoms with Crippen molar-refractivity contribution in [3.63, 3.8) is 0 Å². The number of carbonyl (C=O) groups excluding carboxylic acids is 2. The van der Waals surface area contributed by atoms with Crippen LogP contribution < -0.4 is 10.6 Å². The third-order valence-electron chi connectivity index (χ3n) is 6.41. The molecule has 0 aliphatic heterocycles. The molecule has 0 aromatic carbocycles. The topological polar surface area (TPSA) is 58.2 Å². The molecule has 0 spiro atoms.